The maximum atomic E-state index is 5.32. The van der Waals surface area contributed by atoms with E-state index in [1.54, 1.807) is 16.7 Å². The molecule has 326 valence electrons. The number of fused-ring (bicyclic) bond motifs is 13. The molecule has 6 aliphatic carbocycles. The number of benzene rings is 8. The Bertz CT molecular complexity index is 3740. The lowest BCUT2D eigenvalue weighted by Gasteiger charge is -2.27. The molecule has 9 aromatic rings. The predicted octanol–water partition coefficient (Wildman–Crippen LogP) is 17.3. The summed E-state index contributed by atoms with van der Waals surface area (Å²) in [5.74, 6) is 3.20. The summed E-state index contributed by atoms with van der Waals surface area (Å²) >= 11 is 0. The molecule has 15 rings (SSSR count). The highest BCUT2D eigenvalue weighted by Crippen LogP contribution is 2.67. The van der Waals surface area contributed by atoms with Gasteiger partial charge in [-0.25, -0.2) is 9.97 Å². The molecule has 69 heavy (non-hydrogen) atoms. The molecule has 0 aliphatic heterocycles. The first-order valence-corrected chi connectivity index (χ1v) is 25.0. The first-order chi connectivity index (χ1) is 34.2. The van der Waals surface area contributed by atoms with Crippen LogP contribution in [0.4, 0.5) is 0 Å². The van der Waals surface area contributed by atoms with Crippen LogP contribution < -0.4 is 0 Å². The summed E-state index contributed by atoms with van der Waals surface area (Å²) in [7, 11) is 0. The maximum absolute atomic E-state index is 5.32. The van der Waals surface area contributed by atoms with Crippen molar-refractivity contribution in [2.75, 3.05) is 0 Å². The monoisotopic (exact) mass is 880 g/mol. The fourth-order valence-electron chi connectivity index (χ4n) is 12.9. The minimum absolute atomic E-state index is 0.560. The van der Waals surface area contributed by atoms with Crippen LogP contribution in [0.25, 0.3) is 94.6 Å². The number of aromatic nitrogens is 2. The zero-order chi connectivity index (χ0) is 45.2. The Morgan fingerprint density at radius 1 is 0.391 bits per heavy atom. The van der Waals surface area contributed by atoms with Gasteiger partial charge in [-0.3, -0.25) is 0 Å². The van der Waals surface area contributed by atoms with Gasteiger partial charge < -0.3 is 0 Å². The molecular formula is C67H48N2. The first-order valence-electron chi connectivity index (χ1n) is 25.0. The van der Waals surface area contributed by atoms with E-state index in [-0.39, 0.29) is 0 Å². The summed E-state index contributed by atoms with van der Waals surface area (Å²) in [6, 6.07) is 67.6. The van der Waals surface area contributed by atoms with Gasteiger partial charge in [0.15, 0.2) is 5.82 Å². The Labute approximate surface area is 403 Å². The number of hydrogen-bond donors (Lipinski definition) is 0. The molecule has 6 aliphatic rings. The van der Waals surface area contributed by atoms with Crippen molar-refractivity contribution in [2.45, 2.75) is 49.9 Å². The van der Waals surface area contributed by atoms with Gasteiger partial charge in [0.2, 0.25) is 0 Å². The van der Waals surface area contributed by atoms with Crippen LogP contribution in [0, 0.1) is 5.92 Å². The Hall–Kier alpha value is -7.94. The summed E-state index contributed by atoms with van der Waals surface area (Å²) in [5, 5.41) is 2.83. The molecule has 0 amide bonds. The Morgan fingerprint density at radius 3 is 1.83 bits per heavy atom. The van der Waals surface area contributed by atoms with Crippen LogP contribution in [-0.4, -0.2) is 9.97 Å². The molecule has 2 heteroatoms. The van der Waals surface area contributed by atoms with Crippen LogP contribution in [0.5, 0.6) is 0 Å². The van der Waals surface area contributed by atoms with E-state index < -0.39 is 0 Å². The molecule has 2 saturated carbocycles. The molecule has 1 aromatic heterocycles. The van der Waals surface area contributed by atoms with E-state index in [0.717, 1.165) is 47.6 Å². The second-order valence-corrected chi connectivity index (χ2v) is 20.1. The van der Waals surface area contributed by atoms with E-state index in [1.807, 2.05) is 0 Å². The molecule has 4 unspecified atom stereocenters. The van der Waals surface area contributed by atoms with Crippen LogP contribution >= 0.6 is 0 Å². The fraction of sp³-hybridized carbons (Fsp3) is 0.134. The Balaban J connectivity index is 0.839. The molecule has 0 saturated heterocycles. The molecule has 8 aromatic carbocycles. The molecule has 0 N–H and O–H groups in total. The second kappa shape index (κ2) is 15.3. The summed E-state index contributed by atoms with van der Waals surface area (Å²) in [6.07, 6.45) is 14.9. The third-order valence-corrected chi connectivity index (χ3v) is 16.4. The van der Waals surface area contributed by atoms with E-state index >= 15 is 0 Å². The van der Waals surface area contributed by atoms with Crippen molar-refractivity contribution in [1.82, 2.24) is 9.97 Å². The second-order valence-electron chi connectivity index (χ2n) is 20.1. The van der Waals surface area contributed by atoms with E-state index in [9.17, 15) is 0 Å². The van der Waals surface area contributed by atoms with Crippen molar-refractivity contribution >= 4 is 27.5 Å². The maximum Gasteiger partial charge on any atom is 0.160 e. The van der Waals surface area contributed by atoms with Gasteiger partial charge in [0.05, 0.1) is 11.4 Å². The van der Waals surface area contributed by atoms with Crippen LogP contribution in [0.3, 0.4) is 0 Å². The third kappa shape index (κ3) is 6.31. The van der Waals surface area contributed by atoms with Crippen molar-refractivity contribution in [2.24, 2.45) is 5.92 Å². The summed E-state index contributed by atoms with van der Waals surface area (Å²) in [5.41, 5.74) is 27.8. The van der Waals surface area contributed by atoms with Gasteiger partial charge in [-0.1, -0.05) is 200 Å². The molecule has 1 heterocycles. The zero-order valence-corrected chi connectivity index (χ0v) is 38.4. The zero-order valence-electron chi connectivity index (χ0n) is 38.4. The number of rotatable bonds is 7. The van der Waals surface area contributed by atoms with Gasteiger partial charge in [-0.15, -0.1) is 0 Å². The van der Waals surface area contributed by atoms with Gasteiger partial charge >= 0.3 is 0 Å². The lowest BCUT2D eigenvalue weighted by Crippen LogP contribution is -2.06. The van der Waals surface area contributed by atoms with Crippen molar-refractivity contribution in [1.29, 1.82) is 0 Å². The molecule has 4 atom stereocenters. The fourth-order valence-corrected chi connectivity index (χ4v) is 12.9. The SMILES string of the molecule is C1=CC2=C(C1)C1CC1c1c2cccc1-c1cc2c(c3ccccc13)C1CC1c1cccc(-c3ccc(-c4cc(C5=CC=C(c6ccccc6)CC5)nc(-c5ccc(-c6ccccc6)cc5)n4)cc3)c1-2. The van der Waals surface area contributed by atoms with Crippen LogP contribution in [0.15, 0.2) is 212 Å². The van der Waals surface area contributed by atoms with Crippen molar-refractivity contribution in [3.05, 3.63) is 245 Å². The summed E-state index contributed by atoms with van der Waals surface area (Å²) in [4.78, 5) is 10.6. The largest absolute Gasteiger partial charge is 0.228 e. The number of nitrogens with zero attached hydrogens (tertiary/aromatic N) is 2. The summed E-state index contributed by atoms with van der Waals surface area (Å²) < 4.78 is 0. The lowest BCUT2D eigenvalue weighted by molar-refractivity contribution is 0.899. The van der Waals surface area contributed by atoms with E-state index in [1.165, 1.54) is 102 Å². The summed E-state index contributed by atoms with van der Waals surface area (Å²) in [6.45, 7) is 0. The number of hydrogen-bond acceptors (Lipinski definition) is 2. The van der Waals surface area contributed by atoms with E-state index in [4.69, 9.17) is 9.97 Å². The van der Waals surface area contributed by atoms with Crippen molar-refractivity contribution in [3.8, 4) is 67.2 Å². The normalized spacial score (nSPS) is 19.9. The predicted molar refractivity (Wildman–Crippen MR) is 285 cm³/mol. The lowest BCUT2D eigenvalue weighted by atomic mass is 9.76. The highest BCUT2D eigenvalue weighted by Gasteiger charge is 2.49. The van der Waals surface area contributed by atoms with Crippen LogP contribution in [0.1, 0.15) is 83.4 Å². The minimum atomic E-state index is 0.560. The van der Waals surface area contributed by atoms with Crippen molar-refractivity contribution < 1.29 is 0 Å². The molecular weight excluding hydrogens is 833 g/mol. The van der Waals surface area contributed by atoms with Gasteiger partial charge in [0.25, 0.3) is 0 Å². The Kier molecular flexibility index (Phi) is 8.66. The molecule has 0 spiro atoms. The highest BCUT2D eigenvalue weighted by molar-refractivity contribution is 6.07. The number of allylic oxidation sites excluding steroid dienone is 8. The van der Waals surface area contributed by atoms with Gasteiger partial charge in [0, 0.05) is 11.1 Å². The van der Waals surface area contributed by atoms with Crippen molar-refractivity contribution in [3.63, 3.8) is 0 Å². The quantitative estimate of drug-likeness (QED) is 0.159. The minimum Gasteiger partial charge on any atom is -0.228 e. The molecule has 0 radical (unpaired) electrons. The average molecular weight is 881 g/mol. The molecule has 2 fully saturated rings. The van der Waals surface area contributed by atoms with Crippen LogP contribution in [0.2, 0.25) is 0 Å². The highest BCUT2D eigenvalue weighted by atomic mass is 14.9. The average Bonchev–Trinajstić information content (AvgIpc) is 4.36. The van der Waals surface area contributed by atoms with E-state index in [0.29, 0.717) is 23.7 Å². The standard InChI is InChI=1S/C67H48N2/c1-3-12-40(13-4-1)42-24-30-45(31-25-42)62-39-63(69-67(68-62)47-34-26-43(27-35-47)41-14-5-2-6-15-41)46-32-28-44(29-33-46)48-18-9-22-55-58-37-60(58)66-52-17-8-7-16-51(52)56(38-61(66)64(48)55)54-23-11-21-53-49-19-10-20-50(49)57-36-59(57)65(53)54/h1-19,21-24,26-30,32-35,38-39,57-60H,20,25,31,36-37H2. The first kappa shape index (κ1) is 39.1. The smallest absolute Gasteiger partial charge is 0.160 e. The Morgan fingerprint density at radius 2 is 1.01 bits per heavy atom. The molecule has 2 nitrogen and oxygen atoms in total. The van der Waals surface area contributed by atoms with Gasteiger partial charge in [-0.05, 0) is 168 Å². The van der Waals surface area contributed by atoms with Gasteiger partial charge in [-0.2, -0.15) is 0 Å². The molecule has 0 bridgehead atoms. The van der Waals surface area contributed by atoms with Crippen LogP contribution in [-0.2, 0) is 0 Å². The van der Waals surface area contributed by atoms with E-state index in [2.05, 4.69) is 206 Å². The van der Waals surface area contributed by atoms with Gasteiger partial charge in [0.1, 0.15) is 0 Å². The third-order valence-electron chi connectivity index (χ3n) is 16.4. The topological polar surface area (TPSA) is 25.8 Å².